The predicted molar refractivity (Wildman–Crippen MR) is 93.9 cm³/mol. The molecule has 4 N–H and O–H groups in total. The Kier molecular flexibility index (Phi) is 5.95. The maximum atomic E-state index is 6.22. The van der Waals surface area contributed by atoms with Gasteiger partial charge in [0.2, 0.25) is 0 Å². The molecule has 5 heteroatoms. The van der Waals surface area contributed by atoms with Crippen LogP contribution < -0.4 is 11.5 Å². The topological polar surface area (TPSA) is 80.0 Å². The first-order chi connectivity index (χ1) is 10.7. The van der Waals surface area contributed by atoms with Crippen LogP contribution in [0.3, 0.4) is 0 Å². The van der Waals surface area contributed by atoms with Crippen molar-refractivity contribution in [2.24, 2.45) is 27.4 Å². The first-order valence-electron chi connectivity index (χ1n) is 8.02. The lowest BCUT2D eigenvalue weighted by Gasteiger charge is -2.30. The van der Waals surface area contributed by atoms with Crippen molar-refractivity contribution in [3.8, 4) is 0 Å². The fraction of sp³-hybridized carbons (Fsp3) is 0.529. The van der Waals surface area contributed by atoms with Crippen LogP contribution in [0.1, 0.15) is 26.7 Å². The molecule has 2 heterocycles. The minimum atomic E-state index is 0.211. The molecule has 120 valence electrons. The third kappa shape index (κ3) is 3.85. The second kappa shape index (κ2) is 7.94. The summed E-state index contributed by atoms with van der Waals surface area (Å²) in [5.41, 5.74) is 14.6. The third-order valence-electron chi connectivity index (χ3n) is 4.14. The largest absolute Gasteiger partial charge is 0.383 e. The summed E-state index contributed by atoms with van der Waals surface area (Å²) in [6.07, 6.45) is 11.8. The second-order valence-electron chi connectivity index (χ2n) is 5.71. The van der Waals surface area contributed by atoms with E-state index >= 15 is 0 Å². The first kappa shape index (κ1) is 16.5. The summed E-state index contributed by atoms with van der Waals surface area (Å²) < 4.78 is 0. The quantitative estimate of drug-likeness (QED) is 0.834. The standard InChI is InChI=1S/C17H27N5/c1-3-5-15-14(4-2)16(22-11-7-13(18)12-22)6-8-20-9-10-21-17(15)19/h3,5-6,8,10,13-14H,4,7,9,11-12,18-19H2,1-2H3/b5-3-,16-6+,17-15-,20-8-,21-10-. The van der Waals surface area contributed by atoms with E-state index in [-0.39, 0.29) is 12.0 Å². The smallest absolute Gasteiger partial charge is 0.126 e. The number of aliphatic imine (C=N–C) groups is 2. The monoisotopic (exact) mass is 301 g/mol. The van der Waals surface area contributed by atoms with Gasteiger partial charge >= 0.3 is 0 Å². The van der Waals surface area contributed by atoms with Crippen LogP contribution in [-0.4, -0.2) is 43.0 Å². The summed E-state index contributed by atoms with van der Waals surface area (Å²) in [7, 11) is 0. The molecular formula is C17H27N5. The van der Waals surface area contributed by atoms with Crippen molar-refractivity contribution in [1.29, 1.82) is 0 Å². The molecule has 22 heavy (non-hydrogen) atoms. The van der Waals surface area contributed by atoms with E-state index in [1.54, 1.807) is 6.21 Å². The fourth-order valence-corrected chi connectivity index (χ4v) is 3.06. The van der Waals surface area contributed by atoms with Crippen molar-refractivity contribution in [1.82, 2.24) is 4.90 Å². The number of rotatable bonds is 3. The van der Waals surface area contributed by atoms with Gasteiger partial charge in [-0.05, 0) is 25.8 Å². The van der Waals surface area contributed by atoms with Gasteiger partial charge in [0.1, 0.15) is 5.82 Å². The summed E-state index contributed by atoms with van der Waals surface area (Å²) in [4.78, 5) is 11.1. The Morgan fingerprint density at radius 1 is 1.45 bits per heavy atom. The lowest BCUT2D eigenvalue weighted by molar-refractivity contribution is 0.371. The Morgan fingerprint density at radius 3 is 2.91 bits per heavy atom. The average molecular weight is 301 g/mol. The molecule has 2 aliphatic heterocycles. The van der Waals surface area contributed by atoms with Crippen LogP contribution in [0.2, 0.25) is 0 Å². The Hall–Kier alpha value is -1.88. The van der Waals surface area contributed by atoms with Crippen molar-refractivity contribution in [2.45, 2.75) is 32.7 Å². The number of likely N-dealkylation sites (tertiary alicyclic amines) is 1. The van der Waals surface area contributed by atoms with Gasteiger partial charge in [-0.15, -0.1) is 0 Å². The van der Waals surface area contributed by atoms with Crippen LogP contribution >= 0.6 is 0 Å². The Labute approximate surface area is 133 Å². The number of hydrogen-bond acceptors (Lipinski definition) is 5. The Bertz CT molecular complexity index is 527. The number of nitrogens with zero attached hydrogens (tertiary/aromatic N) is 3. The van der Waals surface area contributed by atoms with Gasteiger partial charge in [0, 0.05) is 48.7 Å². The minimum Gasteiger partial charge on any atom is -0.383 e. The molecule has 0 spiro atoms. The molecule has 0 aromatic rings. The van der Waals surface area contributed by atoms with E-state index in [9.17, 15) is 0 Å². The zero-order chi connectivity index (χ0) is 15.9. The van der Waals surface area contributed by atoms with Crippen molar-refractivity contribution in [3.05, 3.63) is 35.3 Å². The highest BCUT2D eigenvalue weighted by Gasteiger charge is 2.27. The maximum absolute atomic E-state index is 6.22. The summed E-state index contributed by atoms with van der Waals surface area (Å²) in [5.74, 6) is 0.791. The van der Waals surface area contributed by atoms with E-state index in [4.69, 9.17) is 11.5 Å². The van der Waals surface area contributed by atoms with Gasteiger partial charge in [0.25, 0.3) is 0 Å². The van der Waals surface area contributed by atoms with Gasteiger partial charge in [-0.2, -0.15) is 0 Å². The summed E-state index contributed by atoms with van der Waals surface area (Å²) in [6, 6.07) is 0.246. The van der Waals surface area contributed by atoms with Crippen LogP contribution in [0.5, 0.6) is 0 Å². The van der Waals surface area contributed by atoms with Gasteiger partial charge in [-0.1, -0.05) is 19.1 Å². The zero-order valence-electron chi connectivity index (χ0n) is 13.6. The average Bonchev–Trinajstić information content (AvgIpc) is 2.94. The summed E-state index contributed by atoms with van der Waals surface area (Å²) >= 11 is 0. The van der Waals surface area contributed by atoms with Gasteiger partial charge in [-0.3, -0.25) is 4.99 Å². The van der Waals surface area contributed by atoms with E-state index in [2.05, 4.69) is 34.0 Å². The minimum absolute atomic E-state index is 0.211. The van der Waals surface area contributed by atoms with Crippen LogP contribution in [0.25, 0.3) is 0 Å². The molecule has 0 aliphatic carbocycles. The molecule has 0 aromatic carbocycles. The molecule has 2 unspecified atom stereocenters. The van der Waals surface area contributed by atoms with Crippen molar-refractivity contribution in [3.63, 3.8) is 0 Å². The zero-order valence-corrected chi connectivity index (χ0v) is 13.6. The molecule has 2 atom stereocenters. The SMILES string of the molecule is C\C=C/C1=C(N)/N=C\C/N=C\C=C(\N2CCC(N)C2)C1CC. The van der Waals surface area contributed by atoms with E-state index in [1.165, 1.54) is 5.70 Å². The highest BCUT2D eigenvalue weighted by atomic mass is 15.2. The molecule has 1 fully saturated rings. The summed E-state index contributed by atoms with van der Waals surface area (Å²) in [5, 5.41) is 0. The molecule has 0 bridgehead atoms. The molecule has 0 aromatic heterocycles. The molecular weight excluding hydrogens is 274 g/mol. The van der Waals surface area contributed by atoms with Crippen molar-refractivity contribution >= 4 is 12.4 Å². The molecule has 1 saturated heterocycles. The van der Waals surface area contributed by atoms with E-state index in [1.807, 2.05) is 19.2 Å². The molecule has 0 amide bonds. The van der Waals surface area contributed by atoms with E-state index in [0.717, 1.165) is 31.5 Å². The van der Waals surface area contributed by atoms with E-state index in [0.29, 0.717) is 12.4 Å². The van der Waals surface area contributed by atoms with Crippen LogP contribution in [-0.2, 0) is 0 Å². The van der Waals surface area contributed by atoms with Crippen molar-refractivity contribution in [2.75, 3.05) is 19.6 Å². The number of allylic oxidation sites excluding steroid dienone is 4. The van der Waals surface area contributed by atoms with E-state index < -0.39 is 0 Å². The third-order valence-corrected chi connectivity index (χ3v) is 4.14. The van der Waals surface area contributed by atoms with Gasteiger partial charge in [0.15, 0.2) is 0 Å². The highest BCUT2D eigenvalue weighted by molar-refractivity contribution is 5.75. The van der Waals surface area contributed by atoms with Gasteiger partial charge in [-0.25, -0.2) is 4.99 Å². The van der Waals surface area contributed by atoms with Crippen LogP contribution in [0.15, 0.2) is 45.3 Å². The first-order valence-corrected chi connectivity index (χ1v) is 8.02. The lowest BCUT2D eigenvalue weighted by Crippen LogP contribution is -2.30. The maximum Gasteiger partial charge on any atom is 0.126 e. The predicted octanol–water partition coefficient (Wildman–Crippen LogP) is 1.83. The number of hydrogen-bond donors (Lipinski definition) is 2. The van der Waals surface area contributed by atoms with Crippen LogP contribution in [0, 0.1) is 5.92 Å². The normalized spacial score (nSPS) is 35.4. The van der Waals surface area contributed by atoms with Gasteiger partial charge in [0.05, 0.1) is 6.54 Å². The fourth-order valence-electron chi connectivity index (χ4n) is 3.06. The number of nitrogens with two attached hydrogens (primary N) is 2. The molecule has 5 nitrogen and oxygen atoms in total. The van der Waals surface area contributed by atoms with Crippen molar-refractivity contribution < 1.29 is 0 Å². The molecule has 2 aliphatic rings. The second-order valence-corrected chi connectivity index (χ2v) is 5.71. The molecule has 0 saturated carbocycles. The molecule has 0 radical (unpaired) electrons. The molecule has 2 rings (SSSR count). The van der Waals surface area contributed by atoms with Crippen LogP contribution in [0.4, 0.5) is 0 Å². The Morgan fingerprint density at radius 2 is 2.27 bits per heavy atom. The van der Waals surface area contributed by atoms with Gasteiger partial charge < -0.3 is 16.4 Å². The lowest BCUT2D eigenvalue weighted by atomic mass is 9.91. The highest BCUT2D eigenvalue weighted by Crippen LogP contribution is 2.31. The Balaban J connectivity index is 2.44. The summed E-state index contributed by atoms with van der Waals surface area (Å²) in [6.45, 7) is 6.61.